The molecule has 86 valence electrons. The Labute approximate surface area is 99.0 Å². The third kappa shape index (κ3) is 2.10. The lowest BCUT2D eigenvalue weighted by Gasteiger charge is -2.09. The Balaban J connectivity index is 2.45. The number of para-hydroxylation sites is 1. The summed E-state index contributed by atoms with van der Waals surface area (Å²) in [6.45, 7) is 0. The average molecular weight is 228 g/mol. The third-order valence-electron chi connectivity index (χ3n) is 2.46. The van der Waals surface area contributed by atoms with Crippen LogP contribution in [-0.4, -0.2) is 22.9 Å². The molecular weight excluding hydrogens is 216 g/mol. The molecular formula is C13H12N2O2. The molecule has 0 saturated carbocycles. The van der Waals surface area contributed by atoms with Gasteiger partial charge in [0, 0.05) is 23.5 Å². The lowest BCUT2D eigenvalue weighted by atomic mass is 10.0. The maximum absolute atomic E-state index is 9.94. The third-order valence-corrected chi connectivity index (χ3v) is 2.46. The van der Waals surface area contributed by atoms with Crippen LogP contribution in [-0.2, 0) is 0 Å². The van der Waals surface area contributed by atoms with Crippen LogP contribution in [0.3, 0.4) is 0 Å². The van der Waals surface area contributed by atoms with Crippen LogP contribution in [0.4, 0.5) is 0 Å². The van der Waals surface area contributed by atoms with Gasteiger partial charge in [-0.25, -0.2) is 0 Å². The van der Waals surface area contributed by atoms with Crippen molar-refractivity contribution in [3.05, 3.63) is 53.9 Å². The number of methoxy groups -OCH3 is 1. The van der Waals surface area contributed by atoms with Crippen LogP contribution < -0.4 is 4.74 Å². The molecule has 0 saturated heterocycles. The van der Waals surface area contributed by atoms with Gasteiger partial charge < -0.3 is 9.84 Å². The summed E-state index contributed by atoms with van der Waals surface area (Å²) in [5.41, 5.74) is 1.38. The van der Waals surface area contributed by atoms with Crippen LogP contribution in [0.5, 0.6) is 11.5 Å². The zero-order valence-electron chi connectivity index (χ0n) is 9.34. The smallest absolute Gasteiger partial charge is 0.167 e. The number of phenolic OH excluding ortho intramolecular Hbond substituents is 1. The quantitative estimate of drug-likeness (QED) is 0.791. The van der Waals surface area contributed by atoms with Gasteiger partial charge in [-0.2, -0.15) is 0 Å². The summed E-state index contributed by atoms with van der Waals surface area (Å²) in [6, 6.07) is 8.52. The molecule has 2 N–H and O–H groups in total. The summed E-state index contributed by atoms with van der Waals surface area (Å²) in [6.07, 6.45) is 3.22. The fourth-order valence-electron chi connectivity index (χ4n) is 1.56. The van der Waals surface area contributed by atoms with Crippen molar-refractivity contribution in [1.82, 2.24) is 4.98 Å². The number of nitrogens with one attached hydrogen (secondary N) is 1. The average Bonchev–Trinajstić information content (AvgIpc) is 2.39. The van der Waals surface area contributed by atoms with E-state index in [0.717, 1.165) is 0 Å². The number of phenols is 1. The lowest BCUT2D eigenvalue weighted by molar-refractivity contribution is 0.373. The molecule has 2 aromatic rings. The molecule has 0 aliphatic rings. The standard InChI is InChI=1S/C13H12N2O2/c1-17-11-4-2-3-10(13(11)16)12(14)9-5-7-15-8-6-9/h2-8,14,16H,1H3. The Hall–Kier alpha value is -2.36. The summed E-state index contributed by atoms with van der Waals surface area (Å²) in [4.78, 5) is 3.89. The molecule has 0 amide bonds. The van der Waals surface area contributed by atoms with Crippen LogP contribution in [0.1, 0.15) is 11.1 Å². The summed E-state index contributed by atoms with van der Waals surface area (Å²) in [7, 11) is 1.48. The van der Waals surface area contributed by atoms with Crippen molar-refractivity contribution in [3.63, 3.8) is 0 Å². The molecule has 0 unspecified atom stereocenters. The van der Waals surface area contributed by atoms with E-state index in [1.807, 2.05) is 0 Å². The minimum atomic E-state index is -0.0168. The van der Waals surface area contributed by atoms with Crippen molar-refractivity contribution >= 4 is 5.71 Å². The van der Waals surface area contributed by atoms with Gasteiger partial charge in [0.15, 0.2) is 11.5 Å². The molecule has 1 heterocycles. The fourth-order valence-corrected chi connectivity index (χ4v) is 1.56. The molecule has 0 aliphatic carbocycles. The highest BCUT2D eigenvalue weighted by atomic mass is 16.5. The van der Waals surface area contributed by atoms with Gasteiger partial charge in [0.1, 0.15) is 0 Å². The van der Waals surface area contributed by atoms with Crippen LogP contribution >= 0.6 is 0 Å². The molecule has 1 aromatic carbocycles. The van der Waals surface area contributed by atoms with Crippen molar-refractivity contribution in [2.75, 3.05) is 7.11 Å². The highest BCUT2D eigenvalue weighted by Gasteiger charge is 2.12. The van der Waals surface area contributed by atoms with Crippen LogP contribution in [0.25, 0.3) is 0 Å². The topological polar surface area (TPSA) is 66.2 Å². The minimum Gasteiger partial charge on any atom is -0.504 e. The van der Waals surface area contributed by atoms with E-state index >= 15 is 0 Å². The van der Waals surface area contributed by atoms with Gasteiger partial charge >= 0.3 is 0 Å². The number of hydrogen-bond donors (Lipinski definition) is 2. The van der Waals surface area contributed by atoms with Crippen LogP contribution in [0.15, 0.2) is 42.7 Å². The number of ether oxygens (including phenoxy) is 1. The van der Waals surface area contributed by atoms with E-state index in [0.29, 0.717) is 16.9 Å². The fraction of sp³-hybridized carbons (Fsp3) is 0.0769. The van der Waals surface area contributed by atoms with Gasteiger partial charge in [-0.15, -0.1) is 0 Å². The highest BCUT2D eigenvalue weighted by Crippen LogP contribution is 2.30. The lowest BCUT2D eigenvalue weighted by Crippen LogP contribution is -2.02. The highest BCUT2D eigenvalue weighted by molar-refractivity contribution is 6.12. The monoisotopic (exact) mass is 228 g/mol. The van der Waals surface area contributed by atoms with Gasteiger partial charge in [-0.1, -0.05) is 6.07 Å². The van der Waals surface area contributed by atoms with Gasteiger partial charge in [-0.3, -0.25) is 10.4 Å². The molecule has 17 heavy (non-hydrogen) atoms. The SMILES string of the molecule is COc1cccc(C(=N)c2ccncc2)c1O. The largest absolute Gasteiger partial charge is 0.504 e. The second-order valence-corrected chi connectivity index (χ2v) is 3.47. The second-order valence-electron chi connectivity index (χ2n) is 3.47. The Bertz CT molecular complexity index is 538. The Morgan fingerprint density at radius 1 is 1.24 bits per heavy atom. The van der Waals surface area contributed by atoms with Crippen LogP contribution in [0, 0.1) is 5.41 Å². The summed E-state index contributed by atoms with van der Waals surface area (Å²) < 4.78 is 5.01. The van der Waals surface area contributed by atoms with E-state index in [9.17, 15) is 5.11 Å². The maximum atomic E-state index is 9.94. The van der Waals surface area contributed by atoms with E-state index in [1.165, 1.54) is 7.11 Å². The number of nitrogens with zero attached hydrogens (tertiary/aromatic N) is 1. The Kier molecular flexibility index (Phi) is 3.05. The first kappa shape index (κ1) is 11.1. The summed E-state index contributed by atoms with van der Waals surface area (Å²) >= 11 is 0. The molecule has 1 aromatic heterocycles. The molecule has 0 atom stereocenters. The van der Waals surface area contributed by atoms with Crippen molar-refractivity contribution in [1.29, 1.82) is 5.41 Å². The summed E-state index contributed by atoms with van der Waals surface area (Å²) in [5, 5.41) is 18.0. The second kappa shape index (κ2) is 4.65. The maximum Gasteiger partial charge on any atom is 0.167 e. The van der Waals surface area contributed by atoms with Gasteiger partial charge in [0.25, 0.3) is 0 Å². The Morgan fingerprint density at radius 3 is 2.59 bits per heavy atom. The number of rotatable bonds is 3. The molecule has 4 nitrogen and oxygen atoms in total. The molecule has 2 rings (SSSR count). The van der Waals surface area contributed by atoms with Gasteiger partial charge in [-0.05, 0) is 24.3 Å². The normalized spacial score (nSPS) is 9.94. The first-order valence-corrected chi connectivity index (χ1v) is 5.09. The predicted octanol–water partition coefficient (Wildman–Crippen LogP) is 2.21. The number of aromatic hydroxyl groups is 1. The van der Waals surface area contributed by atoms with Crippen molar-refractivity contribution < 1.29 is 9.84 Å². The zero-order valence-corrected chi connectivity index (χ0v) is 9.34. The van der Waals surface area contributed by atoms with E-state index in [2.05, 4.69) is 4.98 Å². The first-order valence-electron chi connectivity index (χ1n) is 5.09. The molecule has 4 heteroatoms. The number of pyridine rings is 1. The van der Waals surface area contributed by atoms with Crippen molar-refractivity contribution in [3.8, 4) is 11.5 Å². The zero-order chi connectivity index (χ0) is 12.3. The number of aromatic nitrogens is 1. The molecule has 0 spiro atoms. The predicted molar refractivity (Wildman–Crippen MR) is 64.8 cm³/mol. The Morgan fingerprint density at radius 2 is 1.94 bits per heavy atom. The summed E-state index contributed by atoms with van der Waals surface area (Å²) in [5.74, 6) is 0.345. The first-order chi connectivity index (χ1) is 8.24. The van der Waals surface area contributed by atoms with Crippen LogP contribution in [0.2, 0.25) is 0 Å². The molecule has 0 radical (unpaired) electrons. The van der Waals surface area contributed by atoms with Crippen molar-refractivity contribution in [2.24, 2.45) is 0 Å². The minimum absolute atomic E-state index is 0.0168. The number of hydrogen-bond acceptors (Lipinski definition) is 4. The molecule has 0 bridgehead atoms. The van der Waals surface area contributed by atoms with Crippen molar-refractivity contribution in [2.45, 2.75) is 0 Å². The molecule has 0 fully saturated rings. The molecule has 0 aliphatic heterocycles. The van der Waals surface area contributed by atoms with E-state index in [1.54, 1.807) is 42.7 Å². The van der Waals surface area contributed by atoms with E-state index < -0.39 is 0 Å². The number of benzene rings is 1. The van der Waals surface area contributed by atoms with Gasteiger partial charge in [0.2, 0.25) is 0 Å². The van der Waals surface area contributed by atoms with Gasteiger partial charge in [0.05, 0.1) is 12.8 Å². The van der Waals surface area contributed by atoms with E-state index in [-0.39, 0.29) is 11.5 Å². The van der Waals surface area contributed by atoms with E-state index in [4.69, 9.17) is 10.1 Å².